The summed E-state index contributed by atoms with van der Waals surface area (Å²) in [5.74, 6) is 0.680. The van der Waals surface area contributed by atoms with Crippen LogP contribution >= 0.6 is 0 Å². The van der Waals surface area contributed by atoms with Gasteiger partial charge in [-0.2, -0.15) is 22.7 Å². The van der Waals surface area contributed by atoms with Crippen LogP contribution < -0.4 is 10.1 Å². The second kappa shape index (κ2) is 7.59. The predicted molar refractivity (Wildman–Crippen MR) is 100 cm³/mol. The van der Waals surface area contributed by atoms with E-state index in [1.54, 1.807) is 18.2 Å². The lowest BCUT2D eigenvalue weighted by atomic mass is 10.1. The molecule has 11 heteroatoms. The zero-order chi connectivity index (χ0) is 21.3. The number of ether oxygens (including phenoxy) is 1. The van der Waals surface area contributed by atoms with Crippen molar-refractivity contribution in [3.8, 4) is 5.88 Å². The van der Waals surface area contributed by atoms with Gasteiger partial charge in [0, 0.05) is 30.2 Å². The zero-order valence-corrected chi connectivity index (χ0v) is 15.5. The molecule has 0 aliphatic heterocycles. The highest BCUT2D eigenvalue weighted by molar-refractivity contribution is 5.56. The molecule has 1 aromatic carbocycles. The third kappa shape index (κ3) is 3.87. The molecule has 0 bridgehead atoms. The smallest absolute Gasteiger partial charge is 0.416 e. The normalized spacial score (nSPS) is 12.7. The van der Waals surface area contributed by atoms with Crippen LogP contribution in [0.4, 0.5) is 24.8 Å². The molecule has 8 nitrogen and oxygen atoms in total. The number of anilines is 2. The van der Waals surface area contributed by atoms with E-state index in [2.05, 4.69) is 25.4 Å². The summed E-state index contributed by atoms with van der Waals surface area (Å²) in [4.78, 5) is 12.5. The van der Waals surface area contributed by atoms with Gasteiger partial charge in [0.05, 0.1) is 12.7 Å². The second-order valence-electron chi connectivity index (χ2n) is 6.24. The topological polar surface area (TPSA) is 97.5 Å². The number of fused-ring (bicyclic) bond motifs is 1. The van der Waals surface area contributed by atoms with Gasteiger partial charge in [-0.25, -0.2) is 9.97 Å². The highest BCUT2D eigenvalue weighted by Crippen LogP contribution is 2.30. The van der Waals surface area contributed by atoms with Crippen LogP contribution in [0.5, 0.6) is 5.88 Å². The average molecular weight is 416 g/mol. The van der Waals surface area contributed by atoms with Crippen LogP contribution in [0, 0.1) is 0 Å². The number of aliphatic hydroxyl groups excluding tert-OH is 1. The van der Waals surface area contributed by atoms with Crippen molar-refractivity contribution in [2.24, 2.45) is 0 Å². The van der Waals surface area contributed by atoms with Gasteiger partial charge in [0.1, 0.15) is 6.10 Å². The third-order valence-corrected chi connectivity index (χ3v) is 4.28. The molecule has 0 saturated heterocycles. The molecule has 154 valence electrons. The fourth-order valence-corrected chi connectivity index (χ4v) is 2.80. The van der Waals surface area contributed by atoms with E-state index in [0.29, 0.717) is 22.8 Å². The quantitative estimate of drug-likeness (QED) is 0.515. The molecule has 0 radical (unpaired) electrons. The van der Waals surface area contributed by atoms with Crippen LogP contribution in [-0.4, -0.2) is 36.8 Å². The third-order valence-electron chi connectivity index (χ3n) is 4.28. The molecule has 3 aromatic heterocycles. The Bertz CT molecular complexity index is 1180. The van der Waals surface area contributed by atoms with Crippen LogP contribution in [-0.2, 0) is 6.18 Å². The molecule has 0 spiro atoms. The first-order valence-electron chi connectivity index (χ1n) is 8.69. The number of benzene rings is 1. The summed E-state index contributed by atoms with van der Waals surface area (Å²) in [5.41, 5.74) is 0.523. The second-order valence-corrected chi connectivity index (χ2v) is 6.24. The average Bonchev–Trinajstić information content (AvgIpc) is 3.15. The molecule has 2 N–H and O–H groups in total. The van der Waals surface area contributed by atoms with Crippen molar-refractivity contribution < 1.29 is 23.0 Å². The molecule has 1 unspecified atom stereocenters. The first kappa shape index (κ1) is 19.6. The number of aromatic nitrogens is 5. The van der Waals surface area contributed by atoms with E-state index in [0.717, 1.165) is 12.1 Å². The van der Waals surface area contributed by atoms with Gasteiger partial charge in [0.25, 0.3) is 0 Å². The van der Waals surface area contributed by atoms with E-state index < -0.39 is 17.8 Å². The Morgan fingerprint density at radius 2 is 1.80 bits per heavy atom. The molecular formula is C19H15F3N6O2. The standard InChI is InChI=1S/C19H15F3N6O2/c1-30-15-10-11(6-8-23-15)16(29)17-24-9-7-14-26-18(27-28(14)17)25-13-4-2-12(3-5-13)19(20,21)22/h2-10,16,29H,1H3,(H,25,27). The number of aliphatic hydroxyl groups is 1. The van der Waals surface area contributed by atoms with Crippen molar-refractivity contribution in [2.45, 2.75) is 12.3 Å². The molecule has 0 amide bonds. The van der Waals surface area contributed by atoms with E-state index in [1.165, 1.54) is 36.2 Å². The van der Waals surface area contributed by atoms with Crippen molar-refractivity contribution in [3.63, 3.8) is 0 Å². The van der Waals surface area contributed by atoms with Gasteiger partial charge in [-0.3, -0.25) is 0 Å². The van der Waals surface area contributed by atoms with Gasteiger partial charge in [0.15, 0.2) is 11.5 Å². The summed E-state index contributed by atoms with van der Waals surface area (Å²) in [6.45, 7) is 0. The summed E-state index contributed by atoms with van der Waals surface area (Å²) < 4.78 is 44.5. The number of nitrogens with zero attached hydrogens (tertiary/aromatic N) is 5. The van der Waals surface area contributed by atoms with Gasteiger partial charge >= 0.3 is 6.18 Å². The van der Waals surface area contributed by atoms with Crippen molar-refractivity contribution in [1.29, 1.82) is 0 Å². The summed E-state index contributed by atoms with van der Waals surface area (Å²) in [6, 6.07) is 9.28. The van der Waals surface area contributed by atoms with E-state index in [4.69, 9.17) is 4.74 Å². The van der Waals surface area contributed by atoms with Gasteiger partial charge in [-0.1, -0.05) is 0 Å². The van der Waals surface area contributed by atoms with Crippen molar-refractivity contribution >= 4 is 17.3 Å². The summed E-state index contributed by atoms with van der Waals surface area (Å²) in [5, 5.41) is 17.9. The zero-order valence-electron chi connectivity index (χ0n) is 15.5. The Hall–Kier alpha value is -3.73. The number of rotatable bonds is 5. The highest BCUT2D eigenvalue weighted by Gasteiger charge is 2.30. The van der Waals surface area contributed by atoms with Gasteiger partial charge in [-0.15, -0.1) is 5.10 Å². The summed E-state index contributed by atoms with van der Waals surface area (Å²) in [6.07, 6.45) is -2.57. The lowest BCUT2D eigenvalue weighted by Gasteiger charge is -2.11. The van der Waals surface area contributed by atoms with Gasteiger partial charge in [0.2, 0.25) is 11.8 Å². The summed E-state index contributed by atoms with van der Waals surface area (Å²) >= 11 is 0. The maximum atomic E-state index is 12.7. The first-order valence-corrected chi connectivity index (χ1v) is 8.69. The lowest BCUT2D eigenvalue weighted by molar-refractivity contribution is -0.137. The highest BCUT2D eigenvalue weighted by atomic mass is 19.4. The number of alkyl halides is 3. The first-order chi connectivity index (χ1) is 14.3. The molecule has 0 saturated carbocycles. The fraction of sp³-hybridized carbons (Fsp3) is 0.158. The Kier molecular flexibility index (Phi) is 4.96. The molecule has 0 aliphatic carbocycles. The van der Waals surface area contributed by atoms with Crippen LogP contribution in [0.3, 0.4) is 0 Å². The van der Waals surface area contributed by atoms with Crippen molar-refractivity contribution in [2.75, 3.05) is 12.4 Å². The summed E-state index contributed by atoms with van der Waals surface area (Å²) in [7, 11) is 1.47. The number of pyridine rings is 1. The van der Waals surface area contributed by atoms with E-state index >= 15 is 0 Å². The molecule has 0 aliphatic rings. The maximum absolute atomic E-state index is 12.7. The monoisotopic (exact) mass is 416 g/mol. The van der Waals surface area contributed by atoms with Crippen molar-refractivity contribution in [1.82, 2.24) is 24.6 Å². The van der Waals surface area contributed by atoms with E-state index in [9.17, 15) is 18.3 Å². The maximum Gasteiger partial charge on any atom is 0.416 e. The fourth-order valence-electron chi connectivity index (χ4n) is 2.80. The Balaban J connectivity index is 1.63. The number of halogens is 3. The minimum atomic E-state index is -4.41. The van der Waals surface area contributed by atoms with E-state index in [1.807, 2.05) is 0 Å². The largest absolute Gasteiger partial charge is 0.481 e. The predicted octanol–water partition coefficient (Wildman–Crippen LogP) is 3.37. The molecule has 4 aromatic rings. The molecule has 30 heavy (non-hydrogen) atoms. The van der Waals surface area contributed by atoms with Crippen LogP contribution in [0.1, 0.15) is 23.1 Å². The Morgan fingerprint density at radius 1 is 1.07 bits per heavy atom. The molecule has 0 fully saturated rings. The van der Waals surface area contributed by atoms with Crippen LogP contribution in [0.15, 0.2) is 54.9 Å². The molecule has 1 atom stereocenters. The molecule has 4 rings (SSSR count). The minimum absolute atomic E-state index is 0.142. The van der Waals surface area contributed by atoms with Crippen LogP contribution in [0.25, 0.3) is 5.65 Å². The van der Waals surface area contributed by atoms with Gasteiger partial charge < -0.3 is 15.2 Å². The van der Waals surface area contributed by atoms with Gasteiger partial charge in [-0.05, 0) is 35.9 Å². The minimum Gasteiger partial charge on any atom is -0.481 e. The van der Waals surface area contributed by atoms with Crippen molar-refractivity contribution in [3.05, 3.63) is 71.8 Å². The number of nitrogens with one attached hydrogen (secondary N) is 1. The molecular weight excluding hydrogens is 401 g/mol. The SMILES string of the molecule is COc1cc(C(O)c2nccc3nc(Nc4ccc(C(F)(F)F)cc4)nn23)ccn1. The molecule has 3 heterocycles. The number of hydrogen-bond acceptors (Lipinski definition) is 7. The number of methoxy groups -OCH3 is 1. The van der Waals surface area contributed by atoms with Crippen LogP contribution in [0.2, 0.25) is 0 Å². The Morgan fingerprint density at radius 3 is 2.50 bits per heavy atom. The Labute approximate surface area is 168 Å². The van der Waals surface area contributed by atoms with E-state index in [-0.39, 0.29) is 11.8 Å². The lowest BCUT2D eigenvalue weighted by Crippen LogP contribution is -2.10. The number of hydrogen-bond donors (Lipinski definition) is 2.